The Labute approximate surface area is 101 Å². The summed E-state index contributed by atoms with van der Waals surface area (Å²) in [5.74, 6) is 0. The van der Waals surface area contributed by atoms with E-state index in [1.54, 1.807) is 0 Å². The van der Waals surface area contributed by atoms with Gasteiger partial charge >= 0.3 is 6.18 Å². The van der Waals surface area contributed by atoms with Crippen molar-refractivity contribution in [2.24, 2.45) is 0 Å². The van der Waals surface area contributed by atoms with E-state index in [-0.39, 0.29) is 0 Å². The largest absolute Gasteiger partial charge is 0.401 e. The van der Waals surface area contributed by atoms with Crippen molar-refractivity contribution < 1.29 is 13.2 Å². The fraction of sp³-hybridized carbons (Fsp3) is 1.00. The maximum absolute atomic E-state index is 11.9. The number of piperazine rings is 1. The fourth-order valence-corrected chi connectivity index (χ4v) is 2.02. The molecule has 1 heterocycles. The predicted molar refractivity (Wildman–Crippen MR) is 62.1 cm³/mol. The van der Waals surface area contributed by atoms with Crippen LogP contribution in [0.1, 0.15) is 13.3 Å². The number of hydrogen-bond acceptors (Lipinski definition) is 3. The van der Waals surface area contributed by atoms with E-state index in [1.165, 1.54) is 0 Å². The van der Waals surface area contributed by atoms with E-state index in [0.29, 0.717) is 13.1 Å². The molecule has 0 unspecified atom stereocenters. The van der Waals surface area contributed by atoms with Gasteiger partial charge in [-0.15, -0.1) is 0 Å². The van der Waals surface area contributed by atoms with Crippen molar-refractivity contribution in [2.75, 3.05) is 52.4 Å². The number of halogens is 3. The topological polar surface area (TPSA) is 18.5 Å². The number of nitrogens with one attached hydrogen (secondary N) is 1. The lowest BCUT2D eigenvalue weighted by Crippen LogP contribution is -2.48. The van der Waals surface area contributed by atoms with Crippen LogP contribution >= 0.6 is 0 Å². The highest BCUT2D eigenvalue weighted by molar-refractivity contribution is 4.72. The third-order valence-electron chi connectivity index (χ3n) is 2.93. The first-order chi connectivity index (χ1) is 8.01. The Kier molecular flexibility index (Phi) is 6.22. The van der Waals surface area contributed by atoms with Crippen LogP contribution < -0.4 is 5.32 Å². The molecule has 1 N–H and O–H groups in total. The maximum atomic E-state index is 11.9. The molecule has 1 aliphatic heterocycles. The monoisotopic (exact) mass is 253 g/mol. The van der Waals surface area contributed by atoms with E-state index in [2.05, 4.69) is 22.0 Å². The average Bonchev–Trinajstić information content (AvgIpc) is 2.26. The van der Waals surface area contributed by atoms with Crippen LogP contribution in [-0.4, -0.2) is 68.3 Å². The Hall–Kier alpha value is -0.330. The van der Waals surface area contributed by atoms with Crippen molar-refractivity contribution in [3.63, 3.8) is 0 Å². The quantitative estimate of drug-likeness (QED) is 0.717. The van der Waals surface area contributed by atoms with Crippen molar-refractivity contribution in [2.45, 2.75) is 19.5 Å². The molecule has 6 heteroatoms. The van der Waals surface area contributed by atoms with Crippen LogP contribution in [0.4, 0.5) is 13.2 Å². The second-order valence-electron chi connectivity index (χ2n) is 4.48. The van der Waals surface area contributed by atoms with Crippen molar-refractivity contribution in [3.8, 4) is 0 Å². The van der Waals surface area contributed by atoms with Gasteiger partial charge in [-0.2, -0.15) is 13.2 Å². The van der Waals surface area contributed by atoms with Crippen LogP contribution in [0.5, 0.6) is 0 Å². The summed E-state index contributed by atoms with van der Waals surface area (Å²) in [6.45, 7) is 7.52. The summed E-state index contributed by atoms with van der Waals surface area (Å²) in [7, 11) is 0. The van der Waals surface area contributed by atoms with Gasteiger partial charge < -0.3 is 10.2 Å². The normalized spacial score (nSPS) is 19.8. The molecule has 1 aliphatic rings. The van der Waals surface area contributed by atoms with Crippen molar-refractivity contribution in [1.82, 2.24) is 15.1 Å². The lowest BCUT2D eigenvalue weighted by Gasteiger charge is -2.34. The van der Waals surface area contributed by atoms with E-state index < -0.39 is 12.7 Å². The Morgan fingerprint density at radius 2 is 1.53 bits per heavy atom. The fourth-order valence-electron chi connectivity index (χ4n) is 2.02. The molecule has 0 saturated carbocycles. The molecule has 0 aromatic carbocycles. The number of nitrogens with zero attached hydrogens (tertiary/aromatic N) is 2. The van der Waals surface area contributed by atoms with Crippen molar-refractivity contribution in [3.05, 3.63) is 0 Å². The molecule has 0 spiro atoms. The number of hydrogen-bond donors (Lipinski definition) is 1. The minimum atomic E-state index is -4.10. The van der Waals surface area contributed by atoms with Gasteiger partial charge in [-0.05, 0) is 13.0 Å². The van der Waals surface area contributed by atoms with Gasteiger partial charge in [0, 0.05) is 39.3 Å². The van der Waals surface area contributed by atoms with Crippen molar-refractivity contribution in [1.29, 1.82) is 0 Å². The van der Waals surface area contributed by atoms with Gasteiger partial charge in [-0.3, -0.25) is 4.90 Å². The van der Waals surface area contributed by atoms with Gasteiger partial charge in [0.2, 0.25) is 0 Å². The predicted octanol–water partition coefficient (Wildman–Crippen LogP) is 1.17. The third-order valence-corrected chi connectivity index (χ3v) is 2.93. The molecular formula is C11H22F3N3. The summed E-state index contributed by atoms with van der Waals surface area (Å²) in [4.78, 5) is 4.62. The zero-order valence-corrected chi connectivity index (χ0v) is 10.4. The summed E-state index contributed by atoms with van der Waals surface area (Å²) in [6.07, 6.45) is -2.94. The van der Waals surface area contributed by atoms with Crippen LogP contribution in [0, 0.1) is 0 Å². The van der Waals surface area contributed by atoms with Gasteiger partial charge in [-0.1, -0.05) is 6.92 Å². The van der Waals surface area contributed by atoms with Gasteiger partial charge in [-0.25, -0.2) is 0 Å². The molecule has 0 aromatic rings. The Bertz CT molecular complexity index is 201. The third kappa shape index (κ3) is 6.85. The summed E-state index contributed by atoms with van der Waals surface area (Å²) < 4.78 is 35.6. The first-order valence-electron chi connectivity index (χ1n) is 6.23. The summed E-state index contributed by atoms with van der Waals surface area (Å²) >= 11 is 0. The SMILES string of the molecule is CCCN1CCN(CCNCC(F)(F)F)CC1. The highest BCUT2D eigenvalue weighted by Gasteiger charge is 2.26. The molecule has 1 fully saturated rings. The molecule has 17 heavy (non-hydrogen) atoms. The smallest absolute Gasteiger partial charge is 0.307 e. The van der Waals surface area contributed by atoms with E-state index >= 15 is 0 Å². The Morgan fingerprint density at radius 3 is 2.00 bits per heavy atom. The molecule has 0 bridgehead atoms. The molecule has 1 saturated heterocycles. The van der Waals surface area contributed by atoms with Crippen LogP contribution in [0.2, 0.25) is 0 Å². The highest BCUT2D eigenvalue weighted by Crippen LogP contribution is 2.11. The van der Waals surface area contributed by atoms with E-state index in [9.17, 15) is 13.2 Å². The second kappa shape index (κ2) is 7.18. The molecule has 0 amide bonds. The van der Waals surface area contributed by atoms with Gasteiger partial charge in [0.15, 0.2) is 0 Å². The van der Waals surface area contributed by atoms with Crippen LogP contribution in [0.3, 0.4) is 0 Å². The zero-order chi connectivity index (χ0) is 12.7. The summed E-state index contributed by atoms with van der Waals surface area (Å²) in [6, 6.07) is 0. The van der Waals surface area contributed by atoms with Crippen molar-refractivity contribution >= 4 is 0 Å². The first-order valence-corrected chi connectivity index (χ1v) is 6.23. The molecule has 0 aliphatic carbocycles. The highest BCUT2D eigenvalue weighted by atomic mass is 19.4. The molecular weight excluding hydrogens is 231 g/mol. The number of alkyl halides is 3. The average molecular weight is 253 g/mol. The summed E-state index contributed by atoms with van der Waals surface area (Å²) in [5, 5.41) is 2.43. The molecule has 3 nitrogen and oxygen atoms in total. The molecule has 1 rings (SSSR count). The summed E-state index contributed by atoms with van der Waals surface area (Å²) in [5.41, 5.74) is 0. The molecule has 0 aromatic heterocycles. The van der Waals surface area contributed by atoms with E-state index in [0.717, 1.165) is 39.1 Å². The minimum Gasteiger partial charge on any atom is -0.307 e. The van der Waals surface area contributed by atoms with Crippen LogP contribution in [-0.2, 0) is 0 Å². The molecule has 0 radical (unpaired) electrons. The van der Waals surface area contributed by atoms with Gasteiger partial charge in [0.25, 0.3) is 0 Å². The molecule has 102 valence electrons. The van der Waals surface area contributed by atoms with Crippen LogP contribution in [0.25, 0.3) is 0 Å². The standard InChI is InChI=1S/C11H22F3N3/c1-2-4-16-6-8-17(9-7-16)5-3-15-10-11(12,13)14/h15H,2-10H2,1H3. The Morgan fingerprint density at radius 1 is 1.00 bits per heavy atom. The van der Waals surface area contributed by atoms with E-state index in [4.69, 9.17) is 0 Å². The lowest BCUT2D eigenvalue weighted by atomic mass is 10.3. The van der Waals surface area contributed by atoms with Gasteiger partial charge in [0.1, 0.15) is 0 Å². The number of rotatable bonds is 6. The Balaban J connectivity index is 2.02. The molecule has 0 atom stereocenters. The second-order valence-corrected chi connectivity index (χ2v) is 4.48. The maximum Gasteiger partial charge on any atom is 0.401 e. The van der Waals surface area contributed by atoms with Crippen LogP contribution in [0.15, 0.2) is 0 Å². The lowest BCUT2D eigenvalue weighted by molar-refractivity contribution is -0.124. The zero-order valence-electron chi connectivity index (χ0n) is 10.4. The minimum absolute atomic E-state index is 0.410. The van der Waals surface area contributed by atoms with Gasteiger partial charge in [0.05, 0.1) is 6.54 Å². The first kappa shape index (κ1) is 14.7. The van der Waals surface area contributed by atoms with E-state index in [1.807, 2.05) is 0 Å².